The van der Waals surface area contributed by atoms with Crippen molar-refractivity contribution in [1.29, 1.82) is 0 Å². The summed E-state index contributed by atoms with van der Waals surface area (Å²) in [6.45, 7) is 4.28. The lowest BCUT2D eigenvalue weighted by Gasteiger charge is -2.05. The molecule has 2 heteroatoms. The SMILES string of the molecule is CCCCCCCCCCCCCCCCCCCCCCOCCCCCCCCCCCS. The molecule has 0 spiro atoms. The van der Waals surface area contributed by atoms with Crippen molar-refractivity contribution >= 4 is 12.6 Å². The predicted octanol–water partition coefficient (Wildman–Crippen LogP) is 12.3. The minimum absolute atomic E-state index is 0.987. The van der Waals surface area contributed by atoms with Gasteiger partial charge in [0.15, 0.2) is 0 Å². The number of ether oxygens (including phenoxy) is 1. The average Bonchev–Trinajstić information content (AvgIpc) is 2.87. The highest BCUT2D eigenvalue weighted by Gasteiger charge is 1.97. The van der Waals surface area contributed by atoms with E-state index in [0.29, 0.717) is 0 Å². The van der Waals surface area contributed by atoms with E-state index in [0.717, 1.165) is 19.0 Å². The summed E-state index contributed by atoms with van der Waals surface area (Å²) in [5.74, 6) is 1.06. The van der Waals surface area contributed by atoms with Crippen LogP contribution in [0.4, 0.5) is 0 Å². The molecule has 0 bridgehead atoms. The van der Waals surface area contributed by atoms with Crippen molar-refractivity contribution in [3.63, 3.8) is 0 Å². The summed E-state index contributed by atoms with van der Waals surface area (Å²) in [6.07, 6.45) is 41.3. The molecule has 212 valence electrons. The molecule has 0 radical (unpaired) electrons. The molecule has 0 aliphatic rings. The summed E-state index contributed by atoms with van der Waals surface area (Å²) in [5.41, 5.74) is 0. The molecule has 0 fully saturated rings. The van der Waals surface area contributed by atoms with Gasteiger partial charge in [0, 0.05) is 13.2 Å². The Bertz CT molecular complexity index is 314. The van der Waals surface area contributed by atoms with Crippen LogP contribution in [0.2, 0.25) is 0 Å². The van der Waals surface area contributed by atoms with Crippen molar-refractivity contribution in [2.24, 2.45) is 0 Å². The van der Waals surface area contributed by atoms with E-state index in [-0.39, 0.29) is 0 Å². The van der Waals surface area contributed by atoms with Gasteiger partial charge in [-0.3, -0.25) is 0 Å². The summed E-state index contributed by atoms with van der Waals surface area (Å²) in [5, 5.41) is 0. The van der Waals surface area contributed by atoms with Crippen molar-refractivity contribution in [2.75, 3.05) is 19.0 Å². The van der Waals surface area contributed by atoms with Crippen LogP contribution in [0.15, 0.2) is 0 Å². The third kappa shape index (κ3) is 34.3. The first kappa shape index (κ1) is 35.3. The smallest absolute Gasteiger partial charge is 0.0466 e. The van der Waals surface area contributed by atoms with E-state index in [1.807, 2.05) is 0 Å². The van der Waals surface area contributed by atoms with Crippen LogP contribution in [0.25, 0.3) is 0 Å². The van der Waals surface area contributed by atoms with E-state index in [1.54, 1.807) is 0 Å². The van der Waals surface area contributed by atoms with Crippen molar-refractivity contribution in [1.82, 2.24) is 0 Å². The Hall–Kier alpha value is 0.310. The molecule has 0 unspecified atom stereocenters. The molecule has 0 rings (SSSR count). The number of rotatable bonds is 32. The quantitative estimate of drug-likeness (QED) is 0.0696. The summed E-state index contributed by atoms with van der Waals surface area (Å²) < 4.78 is 5.84. The second kappa shape index (κ2) is 34.3. The Balaban J connectivity index is 3.00. The molecule has 0 aromatic rings. The monoisotopic (exact) mass is 512 g/mol. The number of unbranched alkanes of at least 4 members (excludes halogenated alkanes) is 27. The first-order chi connectivity index (χ1) is 17.4. The van der Waals surface area contributed by atoms with Crippen LogP contribution in [-0.2, 0) is 4.74 Å². The van der Waals surface area contributed by atoms with Gasteiger partial charge in [-0.2, -0.15) is 12.6 Å². The van der Waals surface area contributed by atoms with Gasteiger partial charge in [-0.15, -0.1) is 0 Å². The largest absolute Gasteiger partial charge is 0.381 e. The van der Waals surface area contributed by atoms with Crippen LogP contribution in [0, 0.1) is 0 Å². The molecule has 0 aliphatic carbocycles. The van der Waals surface area contributed by atoms with Gasteiger partial charge in [0.05, 0.1) is 0 Å². The number of hydrogen-bond acceptors (Lipinski definition) is 2. The minimum atomic E-state index is 0.987. The molecule has 0 aromatic heterocycles. The first-order valence-electron chi connectivity index (χ1n) is 16.6. The van der Waals surface area contributed by atoms with Gasteiger partial charge < -0.3 is 4.74 Å². The van der Waals surface area contributed by atoms with Gasteiger partial charge >= 0.3 is 0 Å². The normalized spacial score (nSPS) is 11.5. The molecule has 0 heterocycles. The van der Waals surface area contributed by atoms with Gasteiger partial charge in [-0.25, -0.2) is 0 Å². The van der Waals surface area contributed by atoms with Crippen molar-refractivity contribution in [3.05, 3.63) is 0 Å². The van der Waals surface area contributed by atoms with Crippen molar-refractivity contribution in [2.45, 2.75) is 193 Å². The third-order valence-corrected chi connectivity index (χ3v) is 7.91. The van der Waals surface area contributed by atoms with Crippen LogP contribution in [0.5, 0.6) is 0 Å². The maximum Gasteiger partial charge on any atom is 0.0466 e. The van der Waals surface area contributed by atoms with E-state index in [9.17, 15) is 0 Å². The summed E-state index contributed by atoms with van der Waals surface area (Å²) >= 11 is 4.27. The van der Waals surface area contributed by atoms with Crippen LogP contribution < -0.4 is 0 Å². The second-order valence-electron chi connectivity index (χ2n) is 11.2. The van der Waals surface area contributed by atoms with E-state index in [4.69, 9.17) is 4.74 Å². The molecule has 0 saturated carbocycles. The predicted molar refractivity (Wildman–Crippen MR) is 164 cm³/mol. The van der Waals surface area contributed by atoms with E-state index in [1.165, 1.54) is 186 Å². The zero-order chi connectivity index (χ0) is 25.3. The van der Waals surface area contributed by atoms with E-state index in [2.05, 4.69) is 19.6 Å². The van der Waals surface area contributed by atoms with Crippen molar-refractivity contribution < 1.29 is 4.74 Å². The van der Waals surface area contributed by atoms with Crippen molar-refractivity contribution in [3.8, 4) is 0 Å². The molecule has 0 aromatic carbocycles. The molecular weight excluding hydrogens is 444 g/mol. The van der Waals surface area contributed by atoms with Gasteiger partial charge in [0.25, 0.3) is 0 Å². The lowest BCUT2D eigenvalue weighted by Crippen LogP contribution is -1.97. The van der Waals surface area contributed by atoms with Gasteiger partial charge in [-0.05, 0) is 25.0 Å². The van der Waals surface area contributed by atoms with Gasteiger partial charge in [-0.1, -0.05) is 174 Å². The summed E-state index contributed by atoms with van der Waals surface area (Å²) in [6, 6.07) is 0. The van der Waals surface area contributed by atoms with Gasteiger partial charge in [0.2, 0.25) is 0 Å². The zero-order valence-electron chi connectivity index (χ0n) is 24.5. The fourth-order valence-corrected chi connectivity index (χ4v) is 5.34. The third-order valence-electron chi connectivity index (χ3n) is 7.59. The van der Waals surface area contributed by atoms with Crippen LogP contribution in [0.3, 0.4) is 0 Å². The average molecular weight is 513 g/mol. The standard InChI is InChI=1S/C33H68OS/c1-2-3-4-5-6-7-8-9-10-11-12-13-14-15-16-17-19-22-25-28-31-34-32-29-26-23-20-18-21-24-27-30-33-35/h35H,2-33H2,1H3. The lowest BCUT2D eigenvalue weighted by molar-refractivity contribution is 0.125. The maximum absolute atomic E-state index is 5.84. The van der Waals surface area contributed by atoms with Crippen LogP contribution in [-0.4, -0.2) is 19.0 Å². The zero-order valence-corrected chi connectivity index (χ0v) is 25.4. The highest BCUT2D eigenvalue weighted by Crippen LogP contribution is 2.15. The molecule has 35 heavy (non-hydrogen) atoms. The summed E-state index contributed by atoms with van der Waals surface area (Å²) in [7, 11) is 0. The van der Waals surface area contributed by atoms with E-state index < -0.39 is 0 Å². The highest BCUT2D eigenvalue weighted by atomic mass is 32.1. The Kier molecular flexibility index (Phi) is 34.6. The van der Waals surface area contributed by atoms with E-state index >= 15 is 0 Å². The molecule has 0 N–H and O–H groups in total. The first-order valence-corrected chi connectivity index (χ1v) is 17.2. The minimum Gasteiger partial charge on any atom is -0.381 e. The molecule has 0 aliphatic heterocycles. The van der Waals surface area contributed by atoms with Crippen LogP contribution in [0.1, 0.15) is 193 Å². The second-order valence-corrected chi connectivity index (χ2v) is 11.7. The lowest BCUT2D eigenvalue weighted by atomic mass is 10.0. The molecular formula is C33H68OS. The fraction of sp³-hybridized carbons (Fsp3) is 1.00. The molecule has 0 amide bonds. The Morgan fingerprint density at radius 3 is 0.800 bits per heavy atom. The molecule has 0 atom stereocenters. The Morgan fingerprint density at radius 2 is 0.543 bits per heavy atom. The molecule has 1 nitrogen and oxygen atoms in total. The Morgan fingerprint density at radius 1 is 0.314 bits per heavy atom. The molecule has 0 saturated heterocycles. The maximum atomic E-state index is 5.84. The number of thiol groups is 1. The van der Waals surface area contributed by atoms with Gasteiger partial charge in [0.1, 0.15) is 0 Å². The van der Waals surface area contributed by atoms with Crippen LogP contribution >= 0.6 is 12.6 Å². The highest BCUT2D eigenvalue weighted by molar-refractivity contribution is 7.80. The number of hydrogen-bond donors (Lipinski definition) is 1. The topological polar surface area (TPSA) is 9.23 Å². The Labute approximate surface area is 229 Å². The fourth-order valence-electron chi connectivity index (χ4n) is 5.11. The summed E-state index contributed by atoms with van der Waals surface area (Å²) in [4.78, 5) is 0.